The van der Waals surface area contributed by atoms with Gasteiger partial charge in [-0.2, -0.15) is 5.10 Å². The zero-order valence-corrected chi connectivity index (χ0v) is 12.1. The van der Waals surface area contributed by atoms with E-state index in [0.717, 1.165) is 5.56 Å². The van der Waals surface area contributed by atoms with E-state index in [-0.39, 0.29) is 17.3 Å². The van der Waals surface area contributed by atoms with Gasteiger partial charge in [-0.25, -0.2) is 17.5 Å². The molecule has 2 N–H and O–H groups in total. The van der Waals surface area contributed by atoms with Crippen molar-refractivity contribution in [2.75, 3.05) is 6.54 Å². The highest BCUT2D eigenvalue weighted by Gasteiger charge is 2.21. The SMILES string of the molecule is Cc1n[nH]c(C)c1S(=O)(=O)NCCc1ccc(F)cc1. The normalized spacial score (nSPS) is 11.8. The lowest BCUT2D eigenvalue weighted by atomic mass is 10.1. The van der Waals surface area contributed by atoms with Crippen LogP contribution in [0.1, 0.15) is 17.0 Å². The number of aromatic nitrogens is 2. The molecular weight excluding hydrogens is 281 g/mol. The number of aromatic amines is 1. The third kappa shape index (κ3) is 3.23. The molecule has 2 rings (SSSR count). The number of rotatable bonds is 5. The summed E-state index contributed by atoms with van der Waals surface area (Å²) in [6.07, 6.45) is 0.495. The smallest absolute Gasteiger partial charge is 0.244 e. The predicted octanol–water partition coefficient (Wildman–Crippen LogP) is 1.69. The lowest BCUT2D eigenvalue weighted by molar-refractivity contribution is 0.580. The van der Waals surface area contributed by atoms with Crippen LogP contribution in [0.15, 0.2) is 29.2 Å². The van der Waals surface area contributed by atoms with Crippen molar-refractivity contribution in [3.8, 4) is 0 Å². The predicted molar refractivity (Wildman–Crippen MR) is 73.4 cm³/mol. The van der Waals surface area contributed by atoms with Crippen molar-refractivity contribution >= 4 is 10.0 Å². The van der Waals surface area contributed by atoms with E-state index in [2.05, 4.69) is 14.9 Å². The molecule has 0 fully saturated rings. The Morgan fingerprint density at radius 1 is 1.25 bits per heavy atom. The zero-order valence-electron chi connectivity index (χ0n) is 11.3. The molecule has 0 spiro atoms. The van der Waals surface area contributed by atoms with E-state index in [0.29, 0.717) is 17.8 Å². The molecule has 0 radical (unpaired) electrons. The van der Waals surface area contributed by atoms with E-state index in [1.807, 2.05) is 0 Å². The van der Waals surface area contributed by atoms with Gasteiger partial charge in [-0.3, -0.25) is 5.10 Å². The third-order valence-corrected chi connectivity index (χ3v) is 4.67. The Balaban J connectivity index is 2.02. The van der Waals surface area contributed by atoms with Gasteiger partial charge >= 0.3 is 0 Å². The molecule has 5 nitrogen and oxygen atoms in total. The molecule has 2 aromatic rings. The van der Waals surface area contributed by atoms with Crippen LogP contribution in [0.5, 0.6) is 0 Å². The quantitative estimate of drug-likeness (QED) is 0.882. The van der Waals surface area contributed by atoms with E-state index >= 15 is 0 Å². The number of sulfonamides is 1. The number of hydrogen-bond acceptors (Lipinski definition) is 3. The fraction of sp³-hybridized carbons (Fsp3) is 0.308. The van der Waals surface area contributed by atoms with Crippen LogP contribution >= 0.6 is 0 Å². The average molecular weight is 297 g/mol. The van der Waals surface area contributed by atoms with Crippen molar-refractivity contribution in [1.82, 2.24) is 14.9 Å². The van der Waals surface area contributed by atoms with Gasteiger partial charge in [0.05, 0.1) is 11.4 Å². The molecule has 1 heterocycles. The summed E-state index contributed by atoms with van der Waals surface area (Å²) in [6.45, 7) is 3.55. The minimum atomic E-state index is -3.57. The molecule has 0 saturated heterocycles. The van der Waals surface area contributed by atoms with E-state index in [9.17, 15) is 12.8 Å². The maximum Gasteiger partial charge on any atom is 0.244 e. The van der Waals surface area contributed by atoms with Crippen molar-refractivity contribution in [1.29, 1.82) is 0 Å². The average Bonchev–Trinajstić information content (AvgIpc) is 2.72. The van der Waals surface area contributed by atoms with Crippen LogP contribution in [0.3, 0.4) is 0 Å². The maximum absolute atomic E-state index is 12.8. The molecule has 0 atom stereocenters. The minimum absolute atomic E-state index is 0.191. The summed E-state index contributed by atoms with van der Waals surface area (Å²) >= 11 is 0. The summed E-state index contributed by atoms with van der Waals surface area (Å²) in [4.78, 5) is 0.191. The summed E-state index contributed by atoms with van der Waals surface area (Å²) in [7, 11) is -3.57. The van der Waals surface area contributed by atoms with Crippen molar-refractivity contribution < 1.29 is 12.8 Å². The molecule has 0 aliphatic carbocycles. The molecule has 7 heteroatoms. The Morgan fingerprint density at radius 2 is 1.90 bits per heavy atom. The van der Waals surface area contributed by atoms with Gasteiger partial charge in [0.25, 0.3) is 0 Å². The molecular formula is C13H16FN3O2S. The summed E-state index contributed by atoms with van der Waals surface area (Å²) < 4.78 is 39.6. The highest BCUT2D eigenvalue weighted by Crippen LogP contribution is 2.16. The Labute approximate surface area is 117 Å². The van der Waals surface area contributed by atoms with Gasteiger partial charge in [-0.15, -0.1) is 0 Å². The first-order valence-corrected chi connectivity index (χ1v) is 7.64. The Hall–Kier alpha value is -1.73. The van der Waals surface area contributed by atoms with Crippen molar-refractivity contribution in [2.24, 2.45) is 0 Å². The zero-order chi connectivity index (χ0) is 14.8. The Morgan fingerprint density at radius 3 is 2.45 bits per heavy atom. The number of hydrogen-bond donors (Lipinski definition) is 2. The number of aryl methyl sites for hydroxylation is 2. The maximum atomic E-state index is 12.8. The number of benzene rings is 1. The van der Waals surface area contributed by atoms with Crippen LogP contribution in [0.2, 0.25) is 0 Å². The second-order valence-electron chi connectivity index (χ2n) is 4.54. The molecule has 0 aliphatic heterocycles. The van der Waals surface area contributed by atoms with Gasteiger partial charge in [0.1, 0.15) is 10.7 Å². The van der Waals surface area contributed by atoms with Crippen molar-refractivity contribution in [3.05, 3.63) is 47.0 Å². The molecule has 1 aromatic heterocycles. The van der Waals surface area contributed by atoms with Crippen molar-refractivity contribution in [3.63, 3.8) is 0 Å². The lowest BCUT2D eigenvalue weighted by Crippen LogP contribution is -2.26. The highest BCUT2D eigenvalue weighted by atomic mass is 32.2. The van der Waals surface area contributed by atoms with Crippen LogP contribution in [0.25, 0.3) is 0 Å². The molecule has 20 heavy (non-hydrogen) atoms. The monoisotopic (exact) mass is 297 g/mol. The van der Waals surface area contributed by atoms with Crippen LogP contribution in [0, 0.1) is 19.7 Å². The molecule has 1 aromatic carbocycles. The summed E-state index contributed by atoms with van der Waals surface area (Å²) in [5, 5.41) is 6.52. The van der Waals surface area contributed by atoms with E-state index in [1.165, 1.54) is 12.1 Å². The second-order valence-corrected chi connectivity index (χ2v) is 6.24. The Bertz CT molecular complexity index is 673. The molecule has 0 aliphatic rings. The molecule has 0 saturated carbocycles. The van der Waals surface area contributed by atoms with Crippen LogP contribution in [-0.4, -0.2) is 25.2 Å². The van der Waals surface area contributed by atoms with Gasteiger partial charge in [0.2, 0.25) is 10.0 Å². The first-order valence-electron chi connectivity index (χ1n) is 6.16. The van der Waals surface area contributed by atoms with Crippen LogP contribution in [0.4, 0.5) is 4.39 Å². The standard InChI is InChI=1S/C13H16FN3O2S/c1-9-13(10(2)17-16-9)20(18,19)15-8-7-11-3-5-12(14)6-4-11/h3-6,15H,7-8H2,1-2H3,(H,16,17). The van der Waals surface area contributed by atoms with Gasteiger partial charge in [0, 0.05) is 6.54 Å². The molecule has 0 bridgehead atoms. The molecule has 0 unspecified atom stereocenters. The number of nitrogens with one attached hydrogen (secondary N) is 2. The summed E-state index contributed by atoms with van der Waals surface area (Å²) in [6, 6.07) is 5.98. The fourth-order valence-electron chi connectivity index (χ4n) is 1.99. The van der Waals surface area contributed by atoms with Gasteiger partial charge < -0.3 is 0 Å². The highest BCUT2D eigenvalue weighted by molar-refractivity contribution is 7.89. The largest absolute Gasteiger partial charge is 0.281 e. The Kier molecular flexibility index (Phi) is 4.20. The van der Waals surface area contributed by atoms with E-state index in [1.54, 1.807) is 26.0 Å². The van der Waals surface area contributed by atoms with Crippen LogP contribution in [-0.2, 0) is 16.4 Å². The van der Waals surface area contributed by atoms with Gasteiger partial charge in [-0.05, 0) is 38.0 Å². The first-order chi connectivity index (χ1) is 9.40. The summed E-state index contributed by atoms with van der Waals surface area (Å²) in [5.74, 6) is -0.307. The summed E-state index contributed by atoms with van der Waals surface area (Å²) in [5.41, 5.74) is 1.82. The van der Waals surface area contributed by atoms with Crippen molar-refractivity contribution in [2.45, 2.75) is 25.2 Å². The molecule has 0 amide bonds. The lowest BCUT2D eigenvalue weighted by Gasteiger charge is -2.07. The minimum Gasteiger partial charge on any atom is -0.281 e. The molecule has 108 valence electrons. The number of nitrogens with zero attached hydrogens (tertiary/aromatic N) is 1. The topological polar surface area (TPSA) is 74.8 Å². The second kappa shape index (κ2) is 5.72. The first kappa shape index (κ1) is 14.7. The van der Waals surface area contributed by atoms with E-state index < -0.39 is 10.0 Å². The number of halogens is 1. The fourth-order valence-corrected chi connectivity index (χ4v) is 3.39. The third-order valence-electron chi connectivity index (χ3n) is 2.95. The van der Waals surface area contributed by atoms with E-state index in [4.69, 9.17) is 0 Å². The van der Waals surface area contributed by atoms with Gasteiger partial charge in [0.15, 0.2) is 0 Å². The number of H-pyrrole nitrogens is 1. The van der Waals surface area contributed by atoms with Crippen LogP contribution < -0.4 is 4.72 Å². The van der Waals surface area contributed by atoms with Gasteiger partial charge in [-0.1, -0.05) is 12.1 Å².